The minimum Gasteiger partial charge on any atom is -0.326 e. The normalized spacial score (nSPS) is 25.6. The molecule has 1 aromatic rings. The molecule has 0 amide bonds. The first kappa shape index (κ1) is 13.5. The lowest BCUT2D eigenvalue weighted by Crippen LogP contribution is -2.46. The van der Waals surface area contributed by atoms with E-state index in [0.29, 0.717) is 0 Å². The van der Waals surface area contributed by atoms with Crippen LogP contribution < -0.4 is 10.5 Å². The SMILES string of the molecule is NC1CCCCCC1NS(=O)(=O)c1cccnc1. The molecule has 1 aliphatic carbocycles. The van der Waals surface area contributed by atoms with Gasteiger partial charge in [0.1, 0.15) is 4.90 Å². The van der Waals surface area contributed by atoms with Crippen molar-refractivity contribution in [1.82, 2.24) is 9.71 Å². The maximum Gasteiger partial charge on any atom is 0.242 e. The number of sulfonamides is 1. The van der Waals surface area contributed by atoms with E-state index in [0.717, 1.165) is 32.1 Å². The summed E-state index contributed by atoms with van der Waals surface area (Å²) in [4.78, 5) is 4.03. The molecule has 1 saturated carbocycles. The van der Waals surface area contributed by atoms with Gasteiger partial charge in [-0.05, 0) is 25.0 Å². The first-order valence-electron chi connectivity index (χ1n) is 6.27. The van der Waals surface area contributed by atoms with Gasteiger partial charge in [0.15, 0.2) is 0 Å². The van der Waals surface area contributed by atoms with Gasteiger partial charge in [0.2, 0.25) is 10.0 Å². The van der Waals surface area contributed by atoms with Crippen LogP contribution in [0.4, 0.5) is 0 Å². The molecule has 2 atom stereocenters. The Morgan fingerprint density at radius 2 is 2.06 bits per heavy atom. The van der Waals surface area contributed by atoms with Crippen LogP contribution in [-0.2, 0) is 10.0 Å². The highest BCUT2D eigenvalue weighted by Gasteiger charge is 2.26. The largest absolute Gasteiger partial charge is 0.326 e. The summed E-state index contributed by atoms with van der Waals surface area (Å²) < 4.78 is 27.0. The molecule has 0 aliphatic heterocycles. The smallest absolute Gasteiger partial charge is 0.242 e. The molecule has 0 bridgehead atoms. The molecule has 3 N–H and O–H groups in total. The quantitative estimate of drug-likeness (QED) is 0.802. The Bertz CT molecular complexity index is 475. The number of aromatic nitrogens is 1. The minimum absolute atomic E-state index is 0.0982. The third-order valence-corrected chi connectivity index (χ3v) is 4.80. The summed E-state index contributed by atoms with van der Waals surface area (Å²) in [5.41, 5.74) is 6.02. The predicted molar refractivity (Wildman–Crippen MR) is 69.4 cm³/mol. The highest BCUT2D eigenvalue weighted by atomic mass is 32.2. The van der Waals surface area contributed by atoms with Gasteiger partial charge in [0, 0.05) is 24.5 Å². The number of hydrogen-bond donors (Lipinski definition) is 2. The van der Waals surface area contributed by atoms with E-state index in [1.165, 1.54) is 12.3 Å². The van der Waals surface area contributed by atoms with Crippen molar-refractivity contribution >= 4 is 10.0 Å². The van der Waals surface area contributed by atoms with Crippen molar-refractivity contribution in [1.29, 1.82) is 0 Å². The van der Waals surface area contributed by atoms with Crippen LogP contribution in [0.5, 0.6) is 0 Å². The van der Waals surface area contributed by atoms with Gasteiger partial charge in [0.05, 0.1) is 0 Å². The van der Waals surface area contributed by atoms with E-state index in [1.54, 1.807) is 12.3 Å². The lowest BCUT2D eigenvalue weighted by Gasteiger charge is -2.22. The summed E-state index contributed by atoms with van der Waals surface area (Å²) in [6.07, 6.45) is 7.81. The van der Waals surface area contributed by atoms with Crippen molar-refractivity contribution < 1.29 is 8.42 Å². The zero-order valence-corrected chi connectivity index (χ0v) is 11.1. The number of nitrogens with zero attached hydrogens (tertiary/aromatic N) is 1. The van der Waals surface area contributed by atoms with Crippen LogP contribution in [0.1, 0.15) is 32.1 Å². The summed E-state index contributed by atoms with van der Waals surface area (Å²) in [5.74, 6) is 0. The lowest BCUT2D eigenvalue weighted by molar-refractivity contribution is 0.456. The molecule has 1 heterocycles. The first-order chi connectivity index (χ1) is 8.59. The zero-order chi connectivity index (χ0) is 13.0. The molecule has 6 heteroatoms. The Morgan fingerprint density at radius 1 is 1.28 bits per heavy atom. The van der Waals surface area contributed by atoms with Crippen molar-refractivity contribution in [2.75, 3.05) is 0 Å². The fraction of sp³-hybridized carbons (Fsp3) is 0.583. The van der Waals surface area contributed by atoms with Crippen LogP contribution in [0.25, 0.3) is 0 Å². The summed E-state index contributed by atoms with van der Waals surface area (Å²) in [5, 5.41) is 0. The summed E-state index contributed by atoms with van der Waals surface area (Å²) in [6.45, 7) is 0. The molecule has 1 aromatic heterocycles. The number of nitrogens with one attached hydrogen (secondary N) is 1. The van der Waals surface area contributed by atoms with Gasteiger partial charge in [-0.2, -0.15) is 0 Å². The van der Waals surface area contributed by atoms with E-state index in [9.17, 15) is 8.42 Å². The van der Waals surface area contributed by atoms with Gasteiger partial charge in [-0.1, -0.05) is 19.3 Å². The number of rotatable bonds is 3. The van der Waals surface area contributed by atoms with Gasteiger partial charge in [-0.3, -0.25) is 4.98 Å². The average Bonchev–Trinajstić information content (AvgIpc) is 2.56. The molecule has 1 fully saturated rings. The Balaban J connectivity index is 2.12. The highest BCUT2D eigenvalue weighted by molar-refractivity contribution is 7.89. The van der Waals surface area contributed by atoms with Crippen LogP contribution in [0.2, 0.25) is 0 Å². The van der Waals surface area contributed by atoms with Crippen LogP contribution in [0.3, 0.4) is 0 Å². The monoisotopic (exact) mass is 269 g/mol. The van der Waals surface area contributed by atoms with Crippen molar-refractivity contribution in [2.24, 2.45) is 5.73 Å². The molecule has 100 valence electrons. The van der Waals surface area contributed by atoms with Gasteiger partial charge in [0.25, 0.3) is 0 Å². The Labute approximate surface area is 108 Å². The van der Waals surface area contributed by atoms with Gasteiger partial charge < -0.3 is 5.73 Å². The third-order valence-electron chi connectivity index (χ3n) is 3.32. The van der Waals surface area contributed by atoms with E-state index in [2.05, 4.69) is 9.71 Å². The first-order valence-corrected chi connectivity index (χ1v) is 7.76. The standard InChI is InChI=1S/C12H19N3O2S/c13-11-6-2-1-3-7-12(11)15-18(16,17)10-5-4-8-14-9-10/h4-5,8-9,11-12,15H,1-3,6-7,13H2. The van der Waals surface area contributed by atoms with Crippen molar-refractivity contribution in [3.8, 4) is 0 Å². The summed E-state index contributed by atoms with van der Waals surface area (Å²) in [6, 6.07) is 2.88. The lowest BCUT2D eigenvalue weighted by atomic mass is 10.1. The number of pyridine rings is 1. The second kappa shape index (κ2) is 5.77. The fourth-order valence-electron chi connectivity index (χ4n) is 2.26. The average molecular weight is 269 g/mol. The van der Waals surface area contributed by atoms with Gasteiger partial charge >= 0.3 is 0 Å². The molecule has 0 radical (unpaired) electrons. The minimum atomic E-state index is -3.50. The van der Waals surface area contributed by atoms with E-state index >= 15 is 0 Å². The number of nitrogens with two attached hydrogens (primary N) is 1. The second-order valence-electron chi connectivity index (χ2n) is 4.72. The van der Waals surface area contributed by atoms with Crippen LogP contribution in [0.15, 0.2) is 29.4 Å². The highest BCUT2D eigenvalue weighted by Crippen LogP contribution is 2.18. The molecule has 5 nitrogen and oxygen atoms in total. The molecule has 0 spiro atoms. The van der Waals surface area contributed by atoms with E-state index < -0.39 is 10.0 Å². The molecular weight excluding hydrogens is 250 g/mol. The van der Waals surface area contributed by atoms with Crippen molar-refractivity contribution in [3.05, 3.63) is 24.5 Å². The Kier molecular flexibility index (Phi) is 4.31. The topological polar surface area (TPSA) is 85.1 Å². The molecular formula is C12H19N3O2S. The molecule has 1 aliphatic rings. The molecule has 2 unspecified atom stereocenters. The molecule has 18 heavy (non-hydrogen) atoms. The van der Waals surface area contributed by atoms with Crippen LogP contribution in [-0.4, -0.2) is 25.5 Å². The van der Waals surface area contributed by atoms with Crippen molar-refractivity contribution in [2.45, 2.75) is 49.1 Å². The Hall–Kier alpha value is -0.980. The van der Waals surface area contributed by atoms with E-state index in [4.69, 9.17) is 5.73 Å². The van der Waals surface area contributed by atoms with Crippen LogP contribution >= 0.6 is 0 Å². The maximum atomic E-state index is 12.2. The summed E-state index contributed by atoms with van der Waals surface area (Å²) >= 11 is 0. The Morgan fingerprint density at radius 3 is 2.78 bits per heavy atom. The number of hydrogen-bond acceptors (Lipinski definition) is 4. The molecule has 0 aromatic carbocycles. The van der Waals surface area contributed by atoms with Gasteiger partial charge in [-0.25, -0.2) is 13.1 Å². The predicted octanol–water partition coefficient (Wildman–Crippen LogP) is 1.02. The summed E-state index contributed by atoms with van der Waals surface area (Å²) in [7, 11) is -3.50. The molecule has 2 rings (SSSR count). The third kappa shape index (κ3) is 3.28. The second-order valence-corrected chi connectivity index (χ2v) is 6.43. The fourth-order valence-corrected chi connectivity index (χ4v) is 3.54. The molecule has 0 saturated heterocycles. The van der Waals surface area contributed by atoms with Crippen molar-refractivity contribution in [3.63, 3.8) is 0 Å². The van der Waals surface area contributed by atoms with Crippen LogP contribution in [0, 0.1) is 0 Å². The zero-order valence-electron chi connectivity index (χ0n) is 10.2. The van der Waals surface area contributed by atoms with Gasteiger partial charge in [-0.15, -0.1) is 0 Å². The van der Waals surface area contributed by atoms with E-state index in [1.807, 2.05) is 0 Å². The maximum absolute atomic E-state index is 12.2. The van der Waals surface area contributed by atoms with E-state index in [-0.39, 0.29) is 17.0 Å².